The lowest BCUT2D eigenvalue weighted by Crippen LogP contribution is -2.46. The topological polar surface area (TPSA) is 87.7 Å². The molecule has 0 saturated heterocycles. The maximum atomic E-state index is 11.6. The Balaban J connectivity index is 2.25. The van der Waals surface area contributed by atoms with Gasteiger partial charge in [-0.05, 0) is 12.8 Å². The molecule has 0 aliphatic heterocycles. The van der Waals surface area contributed by atoms with Crippen molar-refractivity contribution in [1.82, 2.24) is 10.6 Å². The normalized spacial score (nSPS) is 18.7. The molecule has 6 heteroatoms. The number of carbonyl (C=O) groups excluding carboxylic acids is 1. The molecule has 0 heterocycles. The van der Waals surface area contributed by atoms with E-state index < -0.39 is 12.1 Å². The van der Waals surface area contributed by atoms with Crippen molar-refractivity contribution in [3.63, 3.8) is 0 Å². The van der Waals surface area contributed by atoms with Crippen LogP contribution in [0.3, 0.4) is 0 Å². The molecule has 0 aromatic rings. The molecule has 3 N–H and O–H groups in total. The first-order valence-electron chi connectivity index (χ1n) is 6.43. The third kappa shape index (κ3) is 5.35. The minimum Gasteiger partial charge on any atom is -0.479 e. The number of carboxylic acids is 1. The molecule has 2 amide bonds. The average molecular weight is 258 g/mol. The lowest BCUT2D eigenvalue weighted by atomic mass is 10.1. The lowest BCUT2D eigenvalue weighted by molar-refractivity contribution is -0.147. The van der Waals surface area contributed by atoms with Gasteiger partial charge >= 0.3 is 12.0 Å². The number of hydrogen-bond acceptors (Lipinski definition) is 3. The van der Waals surface area contributed by atoms with Crippen molar-refractivity contribution in [2.24, 2.45) is 0 Å². The summed E-state index contributed by atoms with van der Waals surface area (Å²) in [6.07, 6.45) is 5.74. The molecule has 0 aromatic heterocycles. The van der Waals surface area contributed by atoms with Gasteiger partial charge in [-0.25, -0.2) is 9.59 Å². The van der Waals surface area contributed by atoms with E-state index in [-0.39, 0.29) is 18.6 Å². The number of carboxylic acid groups (broad SMARTS) is 1. The van der Waals surface area contributed by atoms with E-state index in [4.69, 9.17) is 9.84 Å². The zero-order valence-electron chi connectivity index (χ0n) is 10.8. The number of methoxy groups -OCH3 is 1. The highest BCUT2D eigenvalue weighted by Crippen LogP contribution is 2.16. The molecule has 1 unspecified atom stereocenters. The third-order valence-electron chi connectivity index (χ3n) is 3.20. The maximum Gasteiger partial charge on any atom is 0.334 e. The Bertz CT molecular complexity index is 275. The molecule has 0 radical (unpaired) electrons. The van der Waals surface area contributed by atoms with Crippen LogP contribution in [0.1, 0.15) is 38.5 Å². The van der Waals surface area contributed by atoms with Crippen molar-refractivity contribution in [3.05, 3.63) is 0 Å². The Kier molecular flexibility index (Phi) is 6.49. The SMILES string of the molecule is COC(CNC(=O)NC1CCCCCC1)C(=O)O. The second kappa shape index (κ2) is 7.92. The molecular formula is C12H22N2O4. The summed E-state index contributed by atoms with van der Waals surface area (Å²) in [7, 11) is 1.31. The summed E-state index contributed by atoms with van der Waals surface area (Å²) in [6, 6.07) is -0.108. The first-order valence-corrected chi connectivity index (χ1v) is 6.43. The Morgan fingerprint density at radius 2 is 1.89 bits per heavy atom. The third-order valence-corrected chi connectivity index (χ3v) is 3.20. The van der Waals surface area contributed by atoms with Crippen molar-refractivity contribution in [3.8, 4) is 0 Å². The Labute approximate surface area is 107 Å². The number of aliphatic carboxylic acids is 1. The number of nitrogens with one attached hydrogen (secondary N) is 2. The van der Waals surface area contributed by atoms with Gasteiger partial charge in [-0.3, -0.25) is 0 Å². The molecule has 0 spiro atoms. The van der Waals surface area contributed by atoms with Crippen LogP contribution in [-0.2, 0) is 9.53 Å². The van der Waals surface area contributed by atoms with Crippen LogP contribution in [0.4, 0.5) is 4.79 Å². The van der Waals surface area contributed by atoms with E-state index in [0.29, 0.717) is 0 Å². The van der Waals surface area contributed by atoms with Crippen molar-refractivity contribution in [1.29, 1.82) is 0 Å². The summed E-state index contributed by atoms with van der Waals surface area (Å²) in [5.41, 5.74) is 0. The minimum atomic E-state index is -1.08. The summed E-state index contributed by atoms with van der Waals surface area (Å²) < 4.78 is 4.73. The monoisotopic (exact) mass is 258 g/mol. The fourth-order valence-electron chi connectivity index (χ4n) is 2.12. The van der Waals surface area contributed by atoms with Gasteiger partial charge in [0.15, 0.2) is 6.10 Å². The number of hydrogen-bond donors (Lipinski definition) is 3. The van der Waals surface area contributed by atoms with E-state index >= 15 is 0 Å². The van der Waals surface area contributed by atoms with Crippen molar-refractivity contribution in [2.45, 2.75) is 50.7 Å². The second-order valence-electron chi connectivity index (χ2n) is 4.61. The number of ether oxygens (including phenoxy) is 1. The van der Waals surface area contributed by atoms with E-state index in [1.165, 1.54) is 20.0 Å². The molecule has 1 aliphatic rings. The quantitative estimate of drug-likeness (QED) is 0.645. The largest absolute Gasteiger partial charge is 0.479 e. The predicted molar refractivity (Wildman–Crippen MR) is 66.5 cm³/mol. The van der Waals surface area contributed by atoms with Gasteiger partial charge in [0, 0.05) is 13.2 Å². The van der Waals surface area contributed by atoms with Crippen LogP contribution in [0.2, 0.25) is 0 Å². The Morgan fingerprint density at radius 1 is 1.28 bits per heavy atom. The van der Waals surface area contributed by atoms with Gasteiger partial charge in [0.2, 0.25) is 0 Å². The minimum absolute atomic E-state index is 0.0234. The van der Waals surface area contributed by atoms with Crippen molar-refractivity contribution >= 4 is 12.0 Å². The van der Waals surface area contributed by atoms with E-state index in [9.17, 15) is 9.59 Å². The molecule has 6 nitrogen and oxygen atoms in total. The first-order chi connectivity index (χ1) is 8.63. The Morgan fingerprint density at radius 3 is 2.39 bits per heavy atom. The molecule has 104 valence electrons. The zero-order chi connectivity index (χ0) is 13.4. The summed E-state index contributed by atoms with van der Waals surface area (Å²) in [5, 5.41) is 14.2. The van der Waals surface area contributed by atoms with Crippen LogP contribution >= 0.6 is 0 Å². The second-order valence-corrected chi connectivity index (χ2v) is 4.61. The van der Waals surface area contributed by atoms with E-state index in [0.717, 1.165) is 25.7 Å². The van der Waals surface area contributed by atoms with Crippen LogP contribution in [0.5, 0.6) is 0 Å². The molecule has 1 rings (SSSR count). The van der Waals surface area contributed by atoms with Crippen LogP contribution in [-0.4, -0.2) is 42.9 Å². The van der Waals surface area contributed by atoms with Gasteiger partial charge in [0.05, 0.1) is 6.54 Å². The average Bonchev–Trinajstić information content (AvgIpc) is 2.58. The van der Waals surface area contributed by atoms with E-state index in [1.807, 2.05) is 0 Å². The van der Waals surface area contributed by atoms with Gasteiger partial charge in [0.25, 0.3) is 0 Å². The maximum absolute atomic E-state index is 11.6. The smallest absolute Gasteiger partial charge is 0.334 e. The fraction of sp³-hybridized carbons (Fsp3) is 0.833. The summed E-state index contributed by atoms with van der Waals surface area (Å²) in [5.74, 6) is -1.08. The molecule has 1 saturated carbocycles. The van der Waals surface area contributed by atoms with Gasteiger partial charge in [0.1, 0.15) is 0 Å². The zero-order valence-corrected chi connectivity index (χ0v) is 10.8. The lowest BCUT2D eigenvalue weighted by Gasteiger charge is -2.18. The molecule has 1 aliphatic carbocycles. The van der Waals surface area contributed by atoms with Gasteiger partial charge < -0.3 is 20.5 Å². The van der Waals surface area contributed by atoms with Crippen LogP contribution in [0.15, 0.2) is 0 Å². The molecule has 1 atom stereocenters. The highest BCUT2D eigenvalue weighted by Gasteiger charge is 2.19. The van der Waals surface area contributed by atoms with Crippen LogP contribution in [0.25, 0.3) is 0 Å². The number of rotatable bonds is 5. The van der Waals surface area contributed by atoms with Crippen LogP contribution < -0.4 is 10.6 Å². The summed E-state index contributed by atoms with van der Waals surface area (Å²) in [4.78, 5) is 22.3. The van der Waals surface area contributed by atoms with Crippen LogP contribution in [0, 0.1) is 0 Å². The predicted octanol–water partition coefficient (Wildman–Crippen LogP) is 1.11. The molecule has 0 aromatic carbocycles. The summed E-state index contributed by atoms with van der Waals surface area (Å²) in [6.45, 7) is -0.0234. The number of carbonyl (C=O) groups is 2. The van der Waals surface area contributed by atoms with Crippen molar-refractivity contribution in [2.75, 3.05) is 13.7 Å². The van der Waals surface area contributed by atoms with E-state index in [1.54, 1.807) is 0 Å². The van der Waals surface area contributed by atoms with Gasteiger partial charge in [-0.2, -0.15) is 0 Å². The molecule has 18 heavy (non-hydrogen) atoms. The standard InChI is InChI=1S/C12H22N2O4/c1-18-10(11(15)16)8-13-12(17)14-9-6-4-2-3-5-7-9/h9-10H,2-8H2,1H3,(H,15,16)(H2,13,14,17). The number of amides is 2. The highest BCUT2D eigenvalue weighted by atomic mass is 16.5. The molecule has 1 fully saturated rings. The molecule has 0 bridgehead atoms. The number of urea groups is 1. The fourth-order valence-corrected chi connectivity index (χ4v) is 2.12. The molecular weight excluding hydrogens is 236 g/mol. The Hall–Kier alpha value is -1.30. The first kappa shape index (κ1) is 14.8. The van der Waals surface area contributed by atoms with Crippen molar-refractivity contribution < 1.29 is 19.4 Å². The van der Waals surface area contributed by atoms with Gasteiger partial charge in [-0.15, -0.1) is 0 Å². The summed E-state index contributed by atoms with van der Waals surface area (Å²) >= 11 is 0. The highest BCUT2D eigenvalue weighted by molar-refractivity contribution is 5.77. The van der Waals surface area contributed by atoms with E-state index in [2.05, 4.69) is 10.6 Å². The van der Waals surface area contributed by atoms with Gasteiger partial charge in [-0.1, -0.05) is 25.7 Å².